The molecule has 0 fully saturated rings. The van der Waals surface area contributed by atoms with E-state index in [1.54, 1.807) is 42.7 Å². The third kappa shape index (κ3) is 3.39. The number of fused-ring (bicyclic) bond motifs is 2. The van der Waals surface area contributed by atoms with Crippen molar-refractivity contribution in [2.45, 2.75) is 25.7 Å². The molecule has 34 heavy (non-hydrogen) atoms. The average Bonchev–Trinajstić information content (AvgIpc) is 3.39. The first-order valence-corrected chi connectivity index (χ1v) is 11.5. The summed E-state index contributed by atoms with van der Waals surface area (Å²) >= 11 is 0. The molecule has 2 aliphatic carbocycles. The maximum Gasteiger partial charge on any atom is 0.168 e. The highest BCUT2D eigenvalue weighted by Crippen LogP contribution is 2.56. The number of rotatable bonds is 9. The standard InChI is InChI=1S/C28H34O6/c1-15(21-17-11-9-13-19(29-3)23(17)27(33-7)25(21)31-5)16(2)22-18-12-10-14-20(30-4)24(18)28(34-8)26(22)32-6/h9-16,21-22H,1-8H3. The van der Waals surface area contributed by atoms with Gasteiger partial charge >= 0.3 is 0 Å². The highest BCUT2D eigenvalue weighted by Gasteiger charge is 2.46. The van der Waals surface area contributed by atoms with E-state index in [1.165, 1.54) is 0 Å². The van der Waals surface area contributed by atoms with Crippen molar-refractivity contribution in [1.82, 2.24) is 0 Å². The lowest BCUT2D eigenvalue weighted by atomic mass is 9.73. The zero-order valence-electron chi connectivity index (χ0n) is 21.2. The van der Waals surface area contributed by atoms with Crippen LogP contribution in [0.2, 0.25) is 0 Å². The molecule has 0 saturated carbocycles. The van der Waals surface area contributed by atoms with Crippen molar-refractivity contribution in [2.24, 2.45) is 11.8 Å². The van der Waals surface area contributed by atoms with Crippen LogP contribution in [-0.2, 0) is 18.9 Å². The van der Waals surface area contributed by atoms with Crippen LogP contribution in [0, 0.1) is 11.8 Å². The highest BCUT2D eigenvalue weighted by atomic mass is 16.5. The molecule has 0 saturated heterocycles. The molecule has 4 rings (SSSR count). The molecule has 0 N–H and O–H groups in total. The highest BCUT2D eigenvalue weighted by molar-refractivity contribution is 5.79. The molecule has 2 aromatic carbocycles. The van der Waals surface area contributed by atoms with Gasteiger partial charge in [-0.15, -0.1) is 0 Å². The summed E-state index contributed by atoms with van der Waals surface area (Å²) in [5.74, 6) is 4.98. The topological polar surface area (TPSA) is 55.4 Å². The Kier molecular flexibility index (Phi) is 6.69. The predicted octanol–water partition coefficient (Wildman–Crippen LogP) is 5.79. The minimum atomic E-state index is -0.00110. The second-order valence-electron chi connectivity index (χ2n) is 8.73. The first-order chi connectivity index (χ1) is 16.5. The van der Waals surface area contributed by atoms with Gasteiger partial charge in [0.15, 0.2) is 11.5 Å². The zero-order valence-corrected chi connectivity index (χ0v) is 21.2. The van der Waals surface area contributed by atoms with Crippen molar-refractivity contribution >= 4 is 11.5 Å². The van der Waals surface area contributed by atoms with Gasteiger partial charge in [0, 0.05) is 11.8 Å². The molecule has 182 valence electrons. The largest absolute Gasteiger partial charge is 0.497 e. The Balaban J connectivity index is 1.83. The van der Waals surface area contributed by atoms with Crippen molar-refractivity contribution in [2.75, 3.05) is 42.7 Å². The monoisotopic (exact) mass is 466 g/mol. The Morgan fingerprint density at radius 3 is 1.21 bits per heavy atom. The molecule has 2 aromatic rings. The zero-order chi connectivity index (χ0) is 24.6. The Labute approximate surface area is 202 Å². The van der Waals surface area contributed by atoms with Gasteiger partial charge in [-0.1, -0.05) is 38.1 Å². The molecule has 6 nitrogen and oxygen atoms in total. The van der Waals surface area contributed by atoms with Crippen LogP contribution in [-0.4, -0.2) is 42.7 Å². The number of hydrogen-bond donors (Lipinski definition) is 0. The van der Waals surface area contributed by atoms with Crippen molar-refractivity contribution in [1.29, 1.82) is 0 Å². The fraction of sp³-hybridized carbons (Fsp3) is 0.429. The maximum atomic E-state index is 5.96. The summed E-state index contributed by atoms with van der Waals surface area (Å²) in [6.07, 6.45) is 0. The smallest absolute Gasteiger partial charge is 0.168 e. The minimum absolute atomic E-state index is 0.00110. The van der Waals surface area contributed by atoms with Gasteiger partial charge in [-0.05, 0) is 35.1 Å². The number of methoxy groups -OCH3 is 6. The van der Waals surface area contributed by atoms with Crippen LogP contribution < -0.4 is 9.47 Å². The van der Waals surface area contributed by atoms with Crippen molar-refractivity contribution in [3.05, 3.63) is 70.2 Å². The quantitative estimate of drug-likeness (QED) is 0.466. The van der Waals surface area contributed by atoms with Gasteiger partial charge in [0.1, 0.15) is 23.0 Å². The van der Waals surface area contributed by atoms with Crippen LogP contribution in [0.25, 0.3) is 11.5 Å². The van der Waals surface area contributed by atoms with Crippen molar-refractivity contribution in [3.8, 4) is 11.5 Å². The molecule has 6 heteroatoms. The van der Waals surface area contributed by atoms with E-state index >= 15 is 0 Å². The molecular weight excluding hydrogens is 432 g/mol. The van der Waals surface area contributed by atoms with Gasteiger partial charge < -0.3 is 28.4 Å². The second-order valence-corrected chi connectivity index (χ2v) is 8.73. The number of ether oxygens (including phenoxy) is 6. The van der Waals surface area contributed by atoms with Crippen LogP contribution in [0.5, 0.6) is 11.5 Å². The van der Waals surface area contributed by atoms with E-state index in [9.17, 15) is 0 Å². The van der Waals surface area contributed by atoms with Gasteiger partial charge in [0.05, 0.1) is 53.8 Å². The van der Waals surface area contributed by atoms with Crippen LogP contribution in [0.4, 0.5) is 0 Å². The van der Waals surface area contributed by atoms with Crippen molar-refractivity contribution < 1.29 is 28.4 Å². The summed E-state index contributed by atoms with van der Waals surface area (Å²) in [6, 6.07) is 12.2. The second kappa shape index (κ2) is 9.53. The molecule has 4 atom stereocenters. The minimum Gasteiger partial charge on any atom is -0.497 e. The lowest BCUT2D eigenvalue weighted by molar-refractivity contribution is 0.182. The number of allylic oxidation sites excluding steroid dienone is 2. The first-order valence-electron chi connectivity index (χ1n) is 11.5. The fourth-order valence-electron chi connectivity index (χ4n) is 5.75. The van der Waals surface area contributed by atoms with E-state index in [0.29, 0.717) is 0 Å². The summed E-state index contributed by atoms with van der Waals surface area (Å²) in [5.41, 5.74) is 4.21. The van der Waals surface area contributed by atoms with Gasteiger partial charge in [0.2, 0.25) is 0 Å². The van der Waals surface area contributed by atoms with Gasteiger partial charge in [-0.3, -0.25) is 0 Å². The normalized spacial score (nSPS) is 20.5. The molecule has 0 amide bonds. The fourth-order valence-corrected chi connectivity index (χ4v) is 5.75. The summed E-state index contributed by atoms with van der Waals surface area (Å²) < 4.78 is 34.9. The van der Waals surface area contributed by atoms with E-state index in [0.717, 1.165) is 56.8 Å². The van der Waals surface area contributed by atoms with Crippen LogP contribution in [0.3, 0.4) is 0 Å². The third-order valence-electron chi connectivity index (χ3n) is 7.42. The summed E-state index contributed by atoms with van der Waals surface area (Å²) in [5, 5.41) is 0. The average molecular weight is 467 g/mol. The molecule has 0 bridgehead atoms. The number of hydrogen-bond acceptors (Lipinski definition) is 6. The van der Waals surface area contributed by atoms with Gasteiger partial charge in [0.25, 0.3) is 0 Å². The van der Waals surface area contributed by atoms with Gasteiger partial charge in [-0.2, -0.15) is 0 Å². The Hall–Kier alpha value is -3.28. The van der Waals surface area contributed by atoms with Gasteiger partial charge in [-0.25, -0.2) is 0 Å². The Bertz CT molecular complexity index is 1040. The molecule has 0 aliphatic heterocycles. The van der Waals surface area contributed by atoms with E-state index in [4.69, 9.17) is 28.4 Å². The lowest BCUT2D eigenvalue weighted by Gasteiger charge is -2.33. The lowest BCUT2D eigenvalue weighted by Crippen LogP contribution is -2.24. The molecule has 0 heterocycles. The van der Waals surface area contributed by atoms with E-state index < -0.39 is 0 Å². The predicted molar refractivity (Wildman–Crippen MR) is 132 cm³/mol. The molecule has 0 spiro atoms. The third-order valence-corrected chi connectivity index (χ3v) is 7.42. The van der Waals surface area contributed by atoms with Crippen molar-refractivity contribution in [3.63, 3.8) is 0 Å². The Morgan fingerprint density at radius 2 is 0.912 bits per heavy atom. The summed E-state index contributed by atoms with van der Waals surface area (Å²) in [4.78, 5) is 0. The molecule has 2 aliphatic rings. The SMILES string of the molecule is COC1=C(OC)C(C(C)C(C)C2C(OC)=C(OC)c3c(OC)cccc32)c2cccc(OC)c21. The van der Waals surface area contributed by atoms with E-state index in [-0.39, 0.29) is 23.7 Å². The number of benzene rings is 2. The molecular formula is C28H34O6. The Morgan fingerprint density at radius 1 is 0.529 bits per heavy atom. The first kappa shape index (κ1) is 23.9. The van der Waals surface area contributed by atoms with Crippen LogP contribution in [0.15, 0.2) is 47.9 Å². The molecule has 0 radical (unpaired) electrons. The summed E-state index contributed by atoms with van der Waals surface area (Å²) in [6.45, 7) is 4.52. The molecule has 0 aromatic heterocycles. The van der Waals surface area contributed by atoms with E-state index in [2.05, 4.69) is 26.0 Å². The summed E-state index contributed by atoms with van der Waals surface area (Å²) in [7, 11) is 10.1. The molecule has 4 unspecified atom stereocenters. The maximum absolute atomic E-state index is 5.96. The van der Waals surface area contributed by atoms with Crippen LogP contribution in [0.1, 0.15) is 47.9 Å². The van der Waals surface area contributed by atoms with E-state index in [1.807, 2.05) is 24.3 Å². The van der Waals surface area contributed by atoms with Crippen LogP contribution >= 0.6 is 0 Å².